The van der Waals surface area contributed by atoms with E-state index in [2.05, 4.69) is 33.1 Å². The maximum absolute atomic E-state index is 12.9. The molecule has 4 N–H and O–H groups in total. The van der Waals surface area contributed by atoms with Gasteiger partial charge in [0.15, 0.2) is 0 Å². The molecule has 0 saturated carbocycles. The average molecular weight is 540 g/mol. The molecule has 1 amide bonds. The zero-order valence-corrected chi connectivity index (χ0v) is 23.2. The molecule has 0 aromatic heterocycles. The number of rotatable bonds is 10. The number of anilines is 3. The first-order valence-electron chi connectivity index (χ1n) is 11.9. The lowest BCUT2D eigenvalue weighted by molar-refractivity contribution is -0.113. The molecule has 0 bridgehead atoms. The molecule has 1 heterocycles. The highest BCUT2D eigenvalue weighted by atomic mass is 35.5. The van der Waals surface area contributed by atoms with Crippen LogP contribution >= 0.6 is 30.3 Å². The van der Waals surface area contributed by atoms with Gasteiger partial charge in [-0.05, 0) is 56.5 Å². The molecule has 1 aliphatic rings. The van der Waals surface area contributed by atoms with E-state index in [-0.39, 0.29) is 29.6 Å². The van der Waals surface area contributed by atoms with Crippen molar-refractivity contribution in [2.75, 3.05) is 48.2 Å². The quantitative estimate of drug-likeness (QED) is 0.254. The van der Waals surface area contributed by atoms with Crippen LogP contribution in [0.15, 0.2) is 42.5 Å². The molecule has 0 radical (unpaired) electrons. The third-order valence-corrected chi connectivity index (χ3v) is 8.22. The normalized spacial score (nSPS) is 20.9. The van der Waals surface area contributed by atoms with Crippen molar-refractivity contribution in [3.05, 3.63) is 48.0 Å². The number of unbranched alkanes of at least 4 members (excludes halogenated alkanes) is 1. The van der Waals surface area contributed by atoms with Gasteiger partial charge >= 0.3 is 0 Å². The molecule has 0 spiro atoms. The topological polar surface area (TPSA) is 85.5 Å². The Labute approximate surface area is 218 Å². The Bertz CT molecular complexity index is 1060. The third-order valence-electron chi connectivity index (χ3n) is 6.03. The number of carbonyl (C=O) groups is 1. The first-order valence-corrected chi connectivity index (χ1v) is 15.5. The summed E-state index contributed by atoms with van der Waals surface area (Å²) in [6, 6.07) is 13.5. The molecule has 10 heteroatoms. The van der Waals surface area contributed by atoms with Crippen molar-refractivity contribution < 1.29 is 9.36 Å². The first-order chi connectivity index (χ1) is 16.6. The van der Waals surface area contributed by atoms with E-state index in [1.54, 1.807) is 13.3 Å². The molecule has 192 valence electrons. The third kappa shape index (κ3) is 7.37. The summed E-state index contributed by atoms with van der Waals surface area (Å²) in [5.74, 6) is -0.348. The second-order valence-corrected chi connectivity index (χ2v) is 13.2. The number of nitrogens with one attached hydrogen (secondary N) is 4. The molecule has 7 nitrogen and oxygen atoms in total. The van der Waals surface area contributed by atoms with Crippen molar-refractivity contribution >= 4 is 58.6 Å². The molecule has 1 aliphatic heterocycles. The van der Waals surface area contributed by atoms with E-state index >= 15 is 0 Å². The predicted octanol–water partition coefficient (Wildman–Crippen LogP) is 4.87. The van der Waals surface area contributed by atoms with E-state index < -0.39 is 7.14 Å². The molecular weight excluding hydrogens is 504 g/mol. The maximum Gasteiger partial charge on any atom is 0.239 e. The highest BCUT2D eigenvalue weighted by molar-refractivity contribution is 7.70. The average Bonchev–Trinajstić information content (AvgIpc) is 2.82. The van der Waals surface area contributed by atoms with Crippen molar-refractivity contribution in [2.45, 2.75) is 44.5 Å². The van der Waals surface area contributed by atoms with Crippen LogP contribution in [-0.4, -0.2) is 60.9 Å². The van der Waals surface area contributed by atoms with E-state index in [0.29, 0.717) is 12.2 Å². The van der Waals surface area contributed by atoms with Crippen LogP contribution < -0.4 is 26.6 Å². The van der Waals surface area contributed by atoms with Gasteiger partial charge in [0.2, 0.25) is 5.91 Å². The zero-order chi connectivity index (χ0) is 25.6. The first kappa shape index (κ1) is 27.8. The van der Waals surface area contributed by atoms with E-state index in [1.165, 1.54) is 0 Å². The van der Waals surface area contributed by atoms with Gasteiger partial charge in [-0.1, -0.05) is 31.5 Å². The molecule has 3 rings (SSSR count). The van der Waals surface area contributed by atoms with Crippen LogP contribution in [0.25, 0.3) is 0 Å². The largest absolute Gasteiger partial charge is 0.368 e. The summed E-state index contributed by atoms with van der Waals surface area (Å²) < 4.78 is 12.9. The number of hydrogen-bond donors (Lipinski definition) is 4. The van der Waals surface area contributed by atoms with E-state index in [0.717, 1.165) is 41.6 Å². The SMILES string of the molecule is CCCCN1C(Nc2cc(NC(=O)CCl)ccc2C)NCC(Cl)C1Nc1ccccc1P(C)(C)=O. The number of hydrogen-bond acceptors (Lipinski definition) is 6. The lowest BCUT2D eigenvalue weighted by Crippen LogP contribution is -2.66. The molecule has 1 fully saturated rings. The molecule has 3 atom stereocenters. The minimum Gasteiger partial charge on any atom is -0.368 e. The van der Waals surface area contributed by atoms with Crippen molar-refractivity contribution in [2.24, 2.45) is 0 Å². The van der Waals surface area contributed by atoms with Gasteiger partial charge in [-0.2, -0.15) is 0 Å². The van der Waals surface area contributed by atoms with Gasteiger partial charge < -0.3 is 20.5 Å². The van der Waals surface area contributed by atoms with Gasteiger partial charge in [-0.3, -0.25) is 10.1 Å². The minimum atomic E-state index is -2.48. The van der Waals surface area contributed by atoms with Crippen LogP contribution in [-0.2, 0) is 9.36 Å². The summed E-state index contributed by atoms with van der Waals surface area (Å²) in [5, 5.41) is 14.1. The van der Waals surface area contributed by atoms with Crippen molar-refractivity contribution in [3.8, 4) is 0 Å². The minimum absolute atomic E-state index is 0.0972. The summed E-state index contributed by atoms with van der Waals surface area (Å²) in [4.78, 5) is 14.0. The van der Waals surface area contributed by atoms with Crippen molar-refractivity contribution in [1.29, 1.82) is 0 Å². The summed E-state index contributed by atoms with van der Waals surface area (Å²) in [6.45, 7) is 9.14. The Kier molecular flexibility index (Phi) is 9.91. The van der Waals surface area contributed by atoms with Crippen LogP contribution in [0.4, 0.5) is 17.1 Å². The number of halogens is 2. The fraction of sp³-hybridized carbons (Fsp3) is 0.480. The van der Waals surface area contributed by atoms with E-state index in [4.69, 9.17) is 23.2 Å². The van der Waals surface area contributed by atoms with Gasteiger partial charge in [0, 0.05) is 35.5 Å². The van der Waals surface area contributed by atoms with Crippen molar-refractivity contribution in [3.63, 3.8) is 0 Å². The van der Waals surface area contributed by atoms with Gasteiger partial charge in [-0.25, -0.2) is 4.90 Å². The zero-order valence-electron chi connectivity index (χ0n) is 20.8. The highest BCUT2D eigenvalue weighted by Crippen LogP contribution is 2.38. The van der Waals surface area contributed by atoms with Crippen LogP contribution in [0.3, 0.4) is 0 Å². The monoisotopic (exact) mass is 539 g/mol. The number of amides is 1. The van der Waals surface area contributed by atoms with Gasteiger partial charge in [0.1, 0.15) is 19.3 Å². The second-order valence-electron chi connectivity index (χ2n) is 9.23. The van der Waals surface area contributed by atoms with Crippen LogP contribution in [0.1, 0.15) is 25.3 Å². The fourth-order valence-electron chi connectivity index (χ4n) is 4.16. The number of carbonyl (C=O) groups excluding carboxylic acids is 1. The number of para-hydroxylation sites is 1. The predicted molar refractivity (Wildman–Crippen MR) is 150 cm³/mol. The maximum atomic E-state index is 12.9. The molecule has 3 unspecified atom stereocenters. The number of alkyl halides is 2. The van der Waals surface area contributed by atoms with Crippen LogP contribution in [0, 0.1) is 6.92 Å². The Morgan fingerprint density at radius 3 is 2.60 bits per heavy atom. The molecular formula is C25H36Cl2N5O2P. The summed E-state index contributed by atoms with van der Waals surface area (Å²) >= 11 is 12.5. The summed E-state index contributed by atoms with van der Waals surface area (Å²) in [7, 11) is -2.48. The summed E-state index contributed by atoms with van der Waals surface area (Å²) in [6.07, 6.45) is 1.65. The lowest BCUT2D eigenvalue weighted by Gasteiger charge is -2.46. The fourth-order valence-corrected chi connectivity index (χ4v) is 5.69. The standard InChI is InChI=1S/C25H36Cl2N5O2P/c1-5-6-13-32-24(30-20-9-7-8-10-22(20)35(3,4)34)19(27)16-28-25(32)31-21-14-18(12-11-17(21)2)29-23(33)15-26/h7-12,14,19,24-25,28,30-31H,5-6,13,15-16H2,1-4H3,(H,29,33). The smallest absolute Gasteiger partial charge is 0.239 e. The molecule has 35 heavy (non-hydrogen) atoms. The number of benzene rings is 2. The van der Waals surface area contributed by atoms with Gasteiger partial charge in [0.25, 0.3) is 0 Å². The van der Waals surface area contributed by atoms with E-state index in [1.807, 2.05) is 49.4 Å². The second kappa shape index (κ2) is 12.5. The highest BCUT2D eigenvalue weighted by Gasteiger charge is 2.36. The molecule has 0 aliphatic carbocycles. The Hall–Kier alpha value is -1.76. The van der Waals surface area contributed by atoms with Crippen LogP contribution in [0.5, 0.6) is 0 Å². The number of aryl methyl sites for hydroxylation is 1. The van der Waals surface area contributed by atoms with Crippen LogP contribution in [0.2, 0.25) is 0 Å². The molecule has 1 saturated heterocycles. The van der Waals surface area contributed by atoms with Crippen molar-refractivity contribution in [1.82, 2.24) is 10.2 Å². The molecule has 2 aromatic rings. The lowest BCUT2D eigenvalue weighted by atomic mass is 10.1. The Morgan fingerprint density at radius 1 is 1.17 bits per heavy atom. The Balaban J connectivity index is 1.89. The van der Waals surface area contributed by atoms with Gasteiger partial charge in [0.05, 0.1) is 11.5 Å². The Morgan fingerprint density at radius 2 is 1.91 bits per heavy atom. The van der Waals surface area contributed by atoms with E-state index in [9.17, 15) is 9.36 Å². The summed E-state index contributed by atoms with van der Waals surface area (Å²) in [5.41, 5.74) is 3.47. The molecule has 2 aromatic carbocycles. The van der Waals surface area contributed by atoms with Gasteiger partial charge in [-0.15, -0.1) is 23.2 Å². The number of nitrogens with zero attached hydrogens (tertiary/aromatic N) is 1.